The summed E-state index contributed by atoms with van der Waals surface area (Å²) in [6.07, 6.45) is 1.43. The summed E-state index contributed by atoms with van der Waals surface area (Å²) >= 11 is 11.6. The van der Waals surface area contributed by atoms with Crippen LogP contribution in [0, 0.1) is 11.3 Å². The van der Waals surface area contributed by atoms with E-state index in [4.69, 9.17) is 33.2 Å². The average molecular weight is 299 g/mol. The van der Waals surface area contributed by atoms with Gasteiger partial charge in [-0.25, -0.2) is 0 Å². The van der Waals surface area contributed by atoms with Crippen LogP contribution in [0.4, 0.5) is 5.69 Å². The van der Waals surface area contributed by atoms with Gasteiger partial charge >= 0.3 is 0 Å². The molecule has 1 rings (SSSR count). The van der Waals surface area contributed by atoms with Gasteiger partial charge in [-0.05, 0) is 31.2 Å². The van der Waals surface area contributed by atoms with Crippen molar-refractivity contribution in [1.82, 2.24) is 0 Å². The zero-order valence-electron chi connectivity index (χ0n) is 10.2. The van der Waals surface area contributed by atoms with Crippen LogP contribution in [0.15, 0.2) is 29.8 Å². The Kier molecular flexibility index (Phi) is 6.37. The molecule has 0 aliphatic carbocycles. The molecule has 19 heavy (non-hydrogen) atoms. The fourth-order valence-electron chi connectivity index (χ4n) is 1.22. The second kappa shape index (κ2) is 7.80. The first-order valence-corrected chi connectivity index (χ1v) is 6.28. The molecule has 0 bridgehead atoms. The van der Waals surface area contributed by atoms with Crippen molar-refractivity contribution in [2.75, 3.05) is 18.5 Å². The molecule has 0 saturated heterocycles. The largest absolute Gasteiger partial charge is 0.378 e. The molecule has 0 unspecified atom stereocenters. The van der Waals surface area contributed by atoms with Gasteiger partial charge in [0.25, 0.3) is 5.91 Å². The van der Waals surface area contributed by atoms with Crippen LogP contribution in [0.25, 0.3) is 0 Å². The highest BCUT2D eigenvalue weighted by Crippen LogP contribution is 2.25. The summed E-state index contributed by atoms with van der Waals surface area (Å²) in [6.45, 7) is 2.56. The van der Waals surface area contributed by atoms with E-state index in [1.165, 1.54) is 12.1 Å². The van der Waals surface area contributed by atoms with E-state index in [0.717, 1.165) is 0 Å². The van der Waals surface area contributed by atoms with Gasteiger partial charge in [0.05, 0.1) is 16.7 Å². The third kappa shape index (κ3) is 4.92. The number of nitrogens with zero attached hydrogens (tertiary/aromatic N) is 1. The minimum Gasteiger partial charge on any atom is -0.378 e. The standard InChI is InChI=1S/C13H12Cl2N2O2/c1-2-19-6-5-9(8-16)13(18)17-10-3-4-11(14)12(15)7-10/h3-5,7H,2,6H2,1H3,(H,17,18). The minimum atomic E-state index is -0.513. The van der Waals surface area contributed by atoms with Crippen LogP contribution in [0.1, 0.15) is 6.92 Å². The van der Waals surface area contributed by atoms with E-state index in [1.807, 2.05) is 13.0 Å². The van der Waals surface area contributed by atoms with Gasteiger partial charge in [-0.3, -0.25) is 4.79 Å². The first-order chi connectivity index (χ1) is 9.08. The van der Waals surface area contributed by atoms with E-state index >= 15 is 0 Å². The topological polar surface area (TPSA) is 62.1 Å². The molecule has 0 aromatic heterocycles. The molecule has 1 aromatic rings. The van der Waals surface area contributed by atoms with Crippen molar-refractivity contribution in [1.29, 1.82) is 5.26 Å². The Labute approximate surface area is 121 Å². The quantitative estimate of drug-likeness (QED) is 0.515. The second-order valence-electron chi connectivity index (χ2n) is 3.47. The lowest BCUT2D eigenvalue weighted by molar-refractivity contribution is -0.112. The minimum absolute atomic E-state index is 0.0143. The maximum absolute atomic E-state index is 11.8. The van der Waals surface area contributed by atoms with Crippen molar-refractivity contribution in [3.05, 3.63) is 39.9 Å². The van der Waals surface area contributed by atoms with Crippen molar-refractivity contribution >= 4 is 34.8 Å². The molecule has 0 spiro atoms. The second-order valence-corrected chi connectivity index (χ2v) is 4.29. The first-order valence-electron chi connectivity index (χ1n) is 5.53. The summed E-state index contributed by atoms with van der Waals surface area (Å²) in [5.74, 6) is -0.513. The lowest BCUT2D eigenvalue weighted by atomic mass is 10.2. The summed E-state index contributed by atoms with van der Waals surface area (Å²) in [6, 6.07) is 6.50. The molecule has 0 radical (unpaired) electrons. The van der Waals surface area contributed by atoms with Crippen LogP contribution in [-0.2, 0) is 9.53 Å². The highest BCUT2D eigenvalue weighted by molar-refractivity contribution is 6.42. The SMILES string of the molecule is CCOCC=C(C#N)C(=O)Nc1ccc(Cl)c(Cl)c1. The van der Waals surface area contributed by atoms with Crippen LogP contribution in [0.5, 0.6) is 0 Å². The van der Waals surface area contributed by atoms with E-state index in [2.05, 4.69) is 5.32 Å². The Morgan fingerprint density at radius 2 is 2.21 bits per heavy atom. The number of hydrogen-bond acceptors (Lipinski definition) is 3. The summed E-state index contributed by atoms with van der Waals surface area (Å²) in [5, 5.41) is 12.2. The number of benzene rings is 1. The van der Waals surface area contributed by atoms with Gasteiger partial charge in [0.15, 0.2) is 0 Å². The molecular formula is C13H12Cl2N2O2. The zero-order chi connectivity index (χ0) is 14.3. The number of nitriles is 1. The number of amides is 1. The van der Waals surface area contributed by atoms with E-state index in [9.17, 15) is 4.79 Å². The normalized spacial score (nSPS) is 10.9. The predicted molar refractivity (Wildman–Crippen MR) is 75.3 cm³/mol. The van der Waals surface area contributed by atoms with Crippen molar-refractivity contribution in [3.8, 4) is 6.07 Å². The lowest BCUT2D eigenvalue weighted by Crippen LogP contribution is -2.14. The van der Waals surface area contributed by atoms with Crippen molar-refractivity contribution in [2.24, 2.45) is 0 Å². The van der Waals surface area contributed by atoms with E-state index < -0.39 is 5.91 Å². The van der Waals surface area contributed by atoms with Crippen LogP contribution in [0.3, 0.4) is 0 Å². The van der Waals surface area contributed by atoms with Gasteiger partial charge in [-0.15, -0.1) is 0 Å². The van der Waals surface area contributed by atoms with Gasteiger partial charge in [-0.2, -0.15) is 5.26 Å². The zero-order valence-corrected chi connectivity index (χ0v) is 11.8. The number of ether oxygens (including phenoxy) is 1. The number of carbonyl (C=O) groups is 1. The fraction of sp³-hybridized carbons (Fsp3) is 0.231. The molecule has 0 saturated carbocycles. The van der Waals surface area contributed by atoms with Crippen molar-refractivity contribution < 1.29 is 9.53 Å². The van der Waals surface area contributed by atoms with Crippen LogP contribution in [-0.4, -0.2) is 19.1 Å². The Balaban J connectivity index is 2.74. The Morgan fingerprint density at radius 1 is 1.47 bits per heavy atom. The number of hydrogen-bond donors (Lipinski definition) is 1. The molecule has 1 amide bonds. The molecule has 0 aliphatic rings. The maximum Gasteiger partial charge on any atom is 0.266 e. The molecule has 0 aliphatic heterocycles. The number of nitrogens with one attached hydrogen (secondary N) is 1. The number of carbonyl (C=O) groups excluding carboxylic acids is 1. The molecule has 0 fully saturated rings. The van der Waals surface area contributed by atoms with Gasteiger partial charge < -0.3 is 10.1 Å². The Hall–Kier alpha value is -1.54. The first kappa shape index (κ1) is 15.5. The molecule has 6 heteroatoms. The van der Waals surface area contributed by atoms with Gasteiger partial charge in [0, 0.05) is 12.3 Å². The Bertz CT molecular complexity index is 536. The van der Waals surface area contributed by atoms with Crippen molar-refractivity contribution in [3.63, 3.8) is 0 Å². The van der Waals surface area contributed by atoms with Crippen LogP contribution >= 0.6 is 23.2 Å². The van der Waals surface area contributed by atoms with E-state index in [0.29, 0.717) is 22.3 Å². The molecule has 4 nitrogen and oxygen atoms in total. The summed E-state index contributed by atoms with van der Waals surface area (Å²) in [5.41, 5.74) is 0.455. The van der Waals surface area contributed by atoms with E-state index in [1.54, 1.807) is 12.1 Å². The molecule has 1 N–H and O–H groups in total. The summed E-state index contributed by atoms with van der Waals surface area (Å²) in [7, 11) is 0. The fourth-order valence-corrected chi connectivity index (χ4v) is 1.52. The number of rotatable bonds is 5. The molecule has 0 heterocycles. The lowest BCUT2D eigenvalue weighted by Gasteiger charge is -2.05. The number of anilines is 1. The highest BCUT2D eigenvalue weighted by atomic mass is 35.5. The summed E-state index contributed by atoms with van der Waals surface area (Å²) in [4.78, 5) is 11.8. The average Bonchev–Trinajstić information content (AvgIpc) is 2.39. The van der Waals surface area contributed by atoms with Crippen molar-refractivity contribution in [2.45, 2.75) is 6.92 Å². The third-order valence-electron chi connectivity index (χ3n) is 2.15. The highest BCUT2D eigenvalue weighted by Gasteiger charge is 2.09. The number of halogens is 2. The van der Waals surface area contributed by atoms with Gasteiger partial charge in [0.1, 0.15) is 11.6 Å². The third-order valence-corrected chi connectivity index (χ3v) is 2.89. The van der Waals surface area contributed by atoms with Crippen LogP contribution < -0.4 is 5.32 Å². The molecule has 0 atom stereocenters. The van der Waals surface area contributed by atoms with Gasteiger partial charge in [-0.1, -0.05) is 23.2 Å². The van der Waals surface area contributed by atoms with E-state index in [-0.39, 0.29) is 12.2 Å². The smallest absolute Gasteiger partial charge is 0.266 e. The molecule has 100 valence electrons. The van der Waals surface area contributed by atoms with Crippen LogP contribution in [0.2, 0.25) is 10.0 Å². The Morgan fingerprint density at radius 3 is 2.79 bits per heavy atom. The monoisotopic (exact) mass is 298 g/mol. The van der Waals surface area contributed by atoms with Gasteiger partial charge in [0.2, 0.25) is 0 Å². The molecule has 1 aromatic carbocycles. The maximum atomic E-state index is 11.8. The predicted octanol–water partition coefficient (Wildman–Crippen LogP) is 3.42. The molecular weight excluding hydrogens is 287 g/mol. The summed E-state index contributed by atoms with van der Waals surface area (Å²) < 4.78 is 5.05.